The minimum absolute atomic E-state index is 0.803. The molecule has 1 heterocycles. The van der Waals surface area contributed by atoms with E-state index < -0.39 is 0 Å². The number of rotatable bonds is 2. The van der Waals surface area contributed by atoms with E-state index in [2.05, 4.69) is 5.18 Å². The van der Waals surface area contributed by atoms with Gasteiger partial charge < -0.3 is 4.90 Å². The molecule has 1 aliphatic heterocycles. The molecule has 0 radical (unpaired) electrons. The van der Waals surface area contributed by atoms with Crippen molar-refractivity contribution in [2.45, 2.75) is 0 Å². The molecular formula is C12H10N2O. The topological polar surface area (TPSA) is 32.7 Å². The molecule has 0 unspecified atom stereocenters. The highest BCUT2D eigenvalue weighted by Crippen LogP contribution is 2.18. The molecule has 1 aromatic rings. The third-order valence-electron chi connectivity index (χ3n) is 2.11. The van der Waals surface area contributed by atoms with Crippen molar-refractivity contribution < 1.29 is 0 Å². The van der Waals surface area contributed by atoms with Gasteiger partial charge >= 0.3 is 0 Å². The standard InChI is InChI=1S/C12H10N2O/c15-13-10-11-6-8-14(9-7-11)12-4-2-1-3-5-12/h1-10H. The lowest BCUT2D eigenvalue weighted by Crippen LogP contribution is -2.09. The Morgan fingerprint density at radius 2 is 1.73 bits per heavy atom. The third kappa shape index (κ3) is 2.20. The van der Waals surface area contributed by atoms with E-state index in [9.17, 15) is 4.91 Å². The Hall–Kier alpha value is -2.16. The summed E-state index contributed by atoms with van der Waals surface area (Å²) in [4.78, 5) is 12.0. The second kappa shape index (κ2) is 4.37. The van der Waals surface area contributed by atoms with Gasteiger partial charge in [0.15, 0.2) is 0 Å². The molecule has 0 amide bonds. The summed E-state index contributed by atoms with van der Waals surface area (Å²) in [6.45, 7) is 0. The van der Waals surface area contributed by atoms with Crippen LogP contribution >= 0.6 is 0 Å². The van der Waals surface area contributed by atoms with Gasteiger partial charge in [0.2, 0.25) is 0 Å². The molecule has 0 fully saturated rings. The zero-order valence-electron chi connectivity index (χ0n) is 8.08. The Labute approximate surface area is 88.0 Å². The number of allylic oxidation sites excluding steroid dienone is 3. The molecule has 0 aromatic heterocycles. The van der Waals surface area contributed by atoms with E-state index in [-0.39, 0.29) is 0 Å². The summed E-state index contributed by atoms with van der Waals surface area (Å²) in [5.41, 5.74) is 1.89. The smallest absolute Gasteiger partial charge is 0.0788 e. The number of hydrogen-bond donors (Lipinski definition) is 0. The second-order valence-electron chi connectivity index (χ2n) is 3.11. The van der Waals surface area contributed by atoms with Crippen LogP contribution in [0, 0.1) is 4.91 Å². The number of para-hydroxylation sites is 1. The van der Waals surface area contributed by atoms with Gasteiger partial charge in [0, 0.05) is 18.1 Å². The highest BCUT2D eigenvalue weighted by molar-refractivity contribution is 5.56. The van der Waals surface area contributed by atoms with E-state index in [0.29, 0.717) is 0 Å². The Kier molecular flexibility index (Phi) is 2.74. The highest BCUT2D eigenvalue weighted by atomic mass is 16.2. The molecule has 0 aliphatic carbocycles. The van der Waals surface area contributed by atoms with E-state index in [1.54, 1.807) is 0 Å². The van der Waals surface area contributed by atoms with Crippen LogP contribution in [0.1, 0.15) is 0 Å². The number of hydrogen-bond acceptors (Lipinski definition) is 3. The summed E-state index contributed by atoms with van der Waals surface area (Å²) in [6.07, 6.45) is 8.76. The van der Waals surface area contributed by atoms with Crippen molar-refractivity contribution in [3.63, 3.8) is 0 Å². The second-order valence-corrected chi connectivity index (χ2v) is 3.11. The first-order valence-electron chi connectivity index (χ1n) is 4.62. The largest absolute Gasteiger partial charge is 0.324 e. The average molecular weight is 198 g/mol. The van der Waals surface area contributed by atoms with Crippen LogP contribution in [-0.4, -0.2) is 0 Å². The minimum atomic E-state index is 0.803. The lowest BCUT2D eigenvalue weighted by molar-refractivity contribution is 1.24. The van der Waals surface area contributed by atoms with Crippen molar-refractivity contribution in [1.82, 2.24) is 0 Å². The van der Waals surface area contributed by atoms with Crippen LogP contribution in [0.5, 0.6) is 0 Å². The maximum Gasteiger partial charge on any atom is 0.0788 e. The lowest BCUT2D eigenvalue weighted by atomic mass is 10.2. The van der Waals surface area contributed by atoms with Crippen molar-refractivity contribution in [3.8, 4) is 0 Å². The molecule has 0 saturated heterocycles. The molecule has 0 atom stereocenters. The SMILES string of the molecule is O=NC=C1C=CN(c2ccccc2)C=C1. The molecule has 0 spiro atoms. The number of nitroso groups, excluding NO2 is 1. The summed E-state index contributed by atoms with van der Waals surface area (Å²) < 4.78 is 0. The van der Waals surface area contributed by atoms with Gasteiger partial charge in [0.1, 0.15) is 0 Å². The van der Waals surface area contributed by atoms with Crippen LogP contribution in [0.2, 0.25) is 0 Å². The van der Waals surface area contributed by atoms with Crippen molar-refractivity contribution in [1.29, 1.82) is 0 Å². The maximum absolute atomic E-state index is 10.0. The monoisotopic (exact) mass is 198 g/mol. The molecule has 0 N–H and O–H groups in total. The van der Waals surface area contributed by atoms with Crippen LogP contribution in [0.4, 0.5) is 5.69 Å². The normalized spacial score (nSPS) is 14.1. The van der Waals surface area contributed by atoms with Crippen molar-refractivity contribution >= 4 is 5.69 Å². The molecule has 3 heteroatoms. The molecule has 1 aliphatic rings. The van der Waals surface area contributed by atoms with E-state index in [4.69, 9.17) is 0 Å². The summed E-state index contributed by atoms with van der Waals surface area (Å²) >= 11 is 0. The Morgan fingerprint density at radius 1 is 1.07 bits per heavy atom. The van der Waals surface area contributed by atoms with Gasteiger partial charge in [-0.25, -0.2) is 0 Å². The van der Waals surface area contributed by atoms with Crippen molar-refractivity contribution in [2.24, 2.45) is 5.18 Å². The zero-order valence-corrected chi connectivity index (χ0v) is 8.08. The summed E-state index contributed by atoms with van der Waals surface area (Å²) in [6, 6.07) is 9.97. The van der Waals surface area contributed by atoms with E-state index >= 15 is 0 Å². The summed E-state index contributed by atoms with van der Waals surface area (Å²) in [5, 5.41) is 2.72. The molecular weight excluding hydrogens is 188 g/mol. The molecule has 74 valence electrons. The van der Waals surface area contributed by atoms with Gasteiger partial charge in [-0.05, 0) is 35.0 Å². The highest BCUT2D eigenvalue weighted by Gasteiger charge is 2.02. The minimum Gasteiger partial charge on any atom is -0.324 e. The van der Waals surface area contributed by atoms with E-state index in [0.717, 1.165) is 11.3 Å². The molecule has 0 saturated carbocycles. The van der Waals surface area contributed by atoms with Gasteiger partial charge in [0.05, 0.1) is 6.20 Å². The first-order chi connectivity index (χ1) is 7.40. The molecule has 1 aromatic carbocycles. The Balaban J connectivity index is 2.18. The summed E-state index contributed by atoms with van der Waals surface area (Å²) in [7, 11) is 0. The van der Waals surface area contributed by atoms with Gasteiger partial charge in [0.25, 0.3) is 0 Å². The van der Waals surface area contributed by atoms with Crippen LogP contribution in [0.15, 0.2) is 71.8 Å². The molecule has 0 bridgehead atoms. The molecule has 15 heavy (non-hydrogen) atoms. The van der Waals surface area contributed by atoms with Crippen LogP contribution in [0.25, 0.3) is 0 Å². The van der Waals surface area contributed by atoms with Gasteiger partial charge in [-0.1, -0.05) is 18.2 Å². The van der Waals surface area contributed by atoms with Gasteiger partial charge in [-0.2, -0.15) is 0 Å². The fourth-order valence-corrected chi connectivity index (χ4v) is 1.36. The number of benzene rings is 1. The van der Waals surface area contributed by atoms with Crippen molar-refractivity contribution in [2.75, 3.05) is 4.90 Å². The third-order valence-corrected chi connectivity index (χ3v) is 2.11. The Morgan fingerprint density at radius 3 is 2.33 bits per heavy atom. The first-order valence-corrected chi connectivity index (χ1v) is 4.62. The number of nitrogens with zero attached hydrogens (tertiary/aromatic N) is 2. The molecule has 2 rings (SSSR count). The van der Waals surface area contributed by atoms with E-state index in [1.807, 2.05) is 59.8 Å². The van der Waals surface area contributed by atoms with Crippen molar-refractivity contribution in [3.05, 3.63) is 71.6 Å². The van der Waals surface area contributed by atoms with E-state index in [1.165, 1.54) is 6.20 Å². The van der Waals surface area contributed by atoms with Crippen LogP contribution < -0.4 is 4.90 Å². The fraction of sp³-hybridized carbons (Fsp3) is 0. The first kappa shape index (κ1) is 9.40. The van der Waals surface area contributed by atoms with Crippen LogP contribution in [-0.2, 0) is 0 Å². The Bertz CT molecular complexity index is 416. The maximum atomic E-state index is 10.0. The zero-order chi connectivity index (χ0) is 10.5. The lowest BCUT2D eigenvalue weighted by Gasteiger charge is -2.18. The quantitative estimate of drug-likeness (QED) is 0.683. The summed E-state index contributed by atoms with van der Waals surface area (Å²) in [5.74, 6) is 0. The van der Waals surface area contributed by atoms with Crippen LogP contribution in [0.3, 0.4) is 0 Å². The number of anilines is 1. The fourth-order valence-electron chi connectivity index (χ4n) is 1.36. The predicted molar refractivity (Wildman–Crippen MR) is 61.1 cm³/mol. The van der Waals surface area contributed by atoms with Gasteiger partial charge in [-0.15, -0.1) is 4.91 Å². The predicted octanol–water partition coefficient (Wildman–Crippen LogP) is 3.18. The van der Waals surface area contributed by atoms with Gasteiger partial charge in [-0.3, -0.25) is 0 Å². The molecule has 3 nitrogen and oxygen atoms in total. The average Bonchev–Trinajstić information content (AvgIpc) is 2.32.